The number of nitrogens with zero attached hydrogens (tertiary/aromatic N) is 2. The van der Waals surface area contributed by atoms with E-state index in [9.17, 15) is 14.7 Å². The van der Waals surface area contributed by atoms with Crippen molar-refractivity contribution in [2.24, 2.45) is 11.8 Å². The Hall–Kier alpha value is -3.88. The van der Waals surface area contributed by atoms with E-state index in [0.717, 1.165) is 41.3 Å². The average Bonchev–Trinajstić information content (AvgIpc) is 3.37. The molecular weight excluding hydrogens is 572 g/mol. The Morgan fingerprint density at radius 2 is 1.68 bits per heavy atom. The van der Waals surface area contributed by atoms with E-state index in [1.54, 1.807) is 9.80 Å². The summed E-state index contributed by atoms with van der Waals surface area (Å²) in [6, 6.07) is 21.6. The SMILES string of the molecule is C[C@]12/C=C\CCCCOC(=O)[C@H]1[C@H]1C(=O)N([C@H](CO)c3ccccc3)C3C(=O)N(c4ccc5ccccc5c4)CC=C[C@@]31S2. The van der Waals surface area contributed by atoms with Crippen molar-refractivity contribution in [1.29, 1.82) is 0 Å². The van der Waals surface area contributed by atoms with Gasteiger partial charge in [0.15, 0.2) is 0 Å². The number of benzene rings is 3. The first-order valence-corrected chi connectivity index (χ1v) is 16.2. The van der Waals surface area contributed by atoms with Gasteiger partial charge in [-0.1, -0.05) is 85.0 Å². The van der Waals surface area contributed by atoms with Crippen molar-refractivity contribution in [3.63, 3.8) is 0 Å². The summed E-state index contributed by atoms with van der Waals surface area (Å²) in [5.41, 5.74) is 1.47. The molecule has 226 valence electrons. The molecule has 1 unspecified atom stereocenters. The monoisotopic (exact) mass is 608 g/mol. The molecule has 2 fully saturated rings. The maximum atomic E-state index is 15.0. The lowest BCUT2D eigenvalue weighted by Crippen LogP contribution is -2.54. The smallest absolute Gasteiger partial charge is 0.311 e. The maximum Gasteiger partial charge on any atom is 0.311 e. The molecule has 1 spiro atoms. The minimum Gasteiger partial charge on any atom is -0.465 e. The van der Waals surface area contributed by atoms with Crippen molar-refractivity contribution in [2.45, 2.75) is 47.8 Å². The van der Waals surface area contributed by atoms with Gasteiger partial charge in [0.25, 0.3) is 5.91 Å². The van der Waals surface area contributed by atoms with E-state index in [-0.39, 0.29) is 18.4 Å². The summed E-state index contributed by atoms with van der Waals surface area (Å²) in [5.74, 6) is -2.57. The highest BCUT2D eigenvalue weighted by atomic mass is 32.2. The first-order valence-electron chi connectivity index (χ1n) is 15.4. The number of hydrogen-bond acceptors (Lipinski definition) is 6. The molecule has 6 atom stereocenters. The topological polar surface area (TPSA) is 87.1 Å². The number of cyclic esters (lactones) is 1. The molecule has 2 saturated heterocycles. The zero-order chi connectivity index (χ0) is 30.5. The number of anilines is 1. The predicted molar refractivity (Wildman–Crippen MR) is 172 cm³/mol. The van der Waals surface area contributed by atoms with E-state index in [2.05, 4.69) is 12.2 Å². The summed E-state index contributed by atoms with van der Waals surface area (Å²) in [6.45, 7) is 2.26. The summed E-state index contributed by atoms with van der Waals surface area (Å²) < 4.78 is 4.00. The molecule has 7 rings (SSSR count). The third-order valence-corrected chi connectivity index (χ3v) is 11.5. The number of carbonyl (C=O) groups excluding carboxylic acids is 3. The first-order chi connectivity index (χ1) is 21.4. The standard InChI is InChI=1S/C36H36N2O5S/c1-35-18-9-2-3-10-21-43-34(42)30(35)29-32(40)38(28(23-39)25-13-5-4-6-14-25)31-33(41)37(20-11-19-36(29,31)44-35)27-17-16-24-12-7-8-15-26(24)22-27/h4-9,11-19,22,28-31,39H,2-3,10,20-21,23H2,1H3/b18-9-/t28-,29+,30-,31?,35+,36+/m1/s1. The molecule has 1 N–H and O–H groups in total. The normalized spacial score (nSPS) is 31.6. The third-order valence-electron chi connectivity index (χ3n) is 9.68. The number of amides is 2. The summed E-state index contributed by atoms with van der Waals surface area (Å²) >= 11 is 1.52. The molecule has 0 radical (unpaired) electrons. The van der Waals surface area contributed by atoms with Gasteiger partial charge in [0.2, 0.25) is 5.91 Å². The lowest BCUT2D eigenvalue weighted by atomic mass is 9.74. The number of allylic oxidation sites excluding steroid dienone is 1. The van der Waals surface area contributed by atoms with Crippen molar-refractivity contribution < 1.29 is 24.2 Å². The summed E-state index contributed by atoms with van der Waals surface area (Å²) in [6.07, 6.45) is 10.7. The zero-order valence-corrected chi connectivity index (χ0v) is 25.5. The van der Waals surface area contributed by atoms with Crippen LogP contribution in [0, 0.1) is 11.8 Å². The summed E-state index contributed by atoms with van der Waals surface area (Å²) in [4.78, 5) is 47.0. The average molecular weight is 609 g/mol. The van der Waals surface area contributed by atoms with Crippen LogP contribution >= 0.6 is 11.8 Å². The van der Waals surface area contributed by atoms with Crippen LogP contribution in [0.2, 0.25) is 0 Å². The molecule has 3 aromatic rings. The van der Waals surface area contributed by atoms with Gasteiger partial charge in [-0.3, -0.25) is 14.4 Å². The number of aliphatic hydroxyl groups excluding tert-OH is 1. The van der Waals surface area contributed by atoms with Crippen LogP contribution in [0.25, 0.3) is 10.8 Å². The van der Waals surface area contributed by atoms with E-state index < -0.39 is 39.4 Å². The van der Waals surface area contributed by atoms with Crippen molar-refractivity contribution in [3.8, 4) is 0 Å². The van der Waals surface area contributed by atoms with Gasteiger partial charge >= 0.3 is 5.97 Å². The fourth-order valence-corrected chi connectivity index (χ4v) is 9.82. The third kappa shape index (κ3) is 4.49. The Bertz CT molecular complexity index is 1670. The second-order valence-corrected chi connectivity index (χ2v) is 14.1. The quantitative estimate of drug-likeness (QED) is 0.313. The Balaban J connectivity index is 1.40. The lowest BCUT2D eigenvalue weighted by molar-refractivity contribution is -0.154. The maximum absolute atomic E-state index is 15.0. The molecule has 0 bridgehead atoms. The van der Waals surface area contributed by atoms with E-state index >= 15 is 4.79 Å². The Morgan fingerprint density at radius 1 is 0.909 bits per heavy atom. The van der Waals surface area contributed by atoms with Gasteiger partial charge < -0.3 is 19.6 Å². The van der Waals surface area contributed by atoms with E-state index in [4.69, 9.17) is 4.74 Å². The minimum atomic E-state index is -1.04. The van der Waals surface area contributed by atoms with Gasteiger partial charge in [0, 0.05) is 17.0 Å². The number of esters is 1. The minimum absolute atomic E-state index is 0.229. The van der Waals surface area contributed by atoms with Gasteiger partial charge in [-0.2, -0.15) is 0 Å². The highest BCUT2D eigenvalue weighted by Crippen LogP contribution is 2.66. The zero-order valence-electron chi connectivity index (χ0n) is 24.7. The highest BCUT2D eigenvalue weighted by molar-refractivity contribution is 8.02. The molecule has 4 heterocycles. The van der Waals surface area contributed by atoms with Gasteiger partial charge in [-0.05, 0) is 54.7 Å². The van der Waals surface area contributed by atoms with Crippen LogP contribution in [0.15, 0.2) is 97.1 Å². The van der Waals surface area contributed by atoms with Gasteiger partial charge in [-0.25, -0.2) is 0 Å². The number of rotatable bonds is 4. The van der Waals surface area contributed by atoms with Crippen LogP contribution in [0.5, 0.6) is 0 Å². The number of thioether (sulfide) groups is 1. The second kappa shape index (κ2) is 11.2. The van der Waals surface area contributed by atoms with Crippen molar-refractivity contribution in [2.75, 3.05) is 24.7 Å². The van der Waals surface area contributed by atoms with Crippen LogP contribution in [0.3, 0.4) is 0 Å². The van der Waals surface area contributed by atoms with Gasteiger partial charge in [-0.15, -0.1) is 11.8 Å². The fourth-order valence-electron chi connectivity index (χ4n) is 7.68. The molecule has 0 aliphatic carbocycles. The van der Waals surface area contributed by atoms with Crippen LogP contribution < -0.4 is 4.90 Å². The van der Waals surface area contributed by atoms with Gasteiger partial charge in [0.05, 0.1) is 35.8 Å². The molecule has 4 aliphatic rings. The van der Waals surface area contributed by atoms with E-state index in [0.29, 0.717) is 13.2 Å². The van der Waals surface area contributed by atoms with Crippen molar-refractivity contribution in [3.05, 3.63) is 103 Å². The largest absolute Gasteiger partial charge is 0.465 e. The van der Waals surface area contributed by atoms with E-state index in [1.165, 1.54) is 11.8 Å². The number of likely N-dealkylation sites (tertiary alicyclic amines) is 1. The van der Waals surface area contributed by atoms with Crippen LogP contribution in [0.4, 0.5) is 5.69 Å². The fraction of sp³-hybridized carbons (Fsp3) is 0.361. The predicted octanol–water partition coefficient (Wildman–Crippen LogP) is 5.45. The molecule has 2 amide bonds. The van der Waals surface area contributed by atoms with Crippen molar-refractivity contribution >= 4 is 46.0 Å². The molecule has 0 aromatic heterocycles. The molecule has 44 heavy (non-hydrogen) atoms. The molecule has 8 heteroatoms. The second-order valence-electron chi connectivity index (χ2n) is 12.3. The summed E-state index contributed by atoms with van der Waals surface area (Å²) in [7, 11) is 0. The lowest BCUT2D eigenvalue weighted by Gasteiger charge is -2.40. The molecular formula is C36H36N2O5S. The molecule has 4 aliphatic heterocycles. The molecule has 3 aromatic carbocycles. The number of carbonyl (C=O) groups is 3. The Labute approximate surface area is 261 Å². The molecule has 7 nitrogen and oxygen atoms in total. The van der Waals surface area contributed by atoms with Gasteiger partial charge in [0.1, 0.15) is 6.04 Å². The Morgan fingerprint density at radius 3 is 2.48 bits per heavy atom. The van der Waals surface area contributed by atoms with Crippen LogP contribution in [-0.4, -0.2) is 63.1 Å². The molecule has 0 saturated carbocycles. The number of hydrogen-bond donors (Lipinski definition) is 1. The van der Waals surface area contributed by atoms with E-state index in [1.807, 2.05) is 91.9 Å². The van der Waals surface area contributed by atoms with Crippen molar-refractivity contribution in [1.82, 2.24) is 4.90 Å². The number of aliphatic hydroxyl groups is 1. The van der Waals surface area contributed by atoms with Crippen LogP contribution in [0.1, 0.15) is 37.8 Å². The highest BCUT2D eigenvalue weighted by Gasteiger charge is 2.74. The Kier molecular flexibility index (Phi) is 7.37. The summed E-state index contributed by atoms with van der Waals surface area (Å²) in [5, 5.41) is 12.9. The first kappa shape index (κ1) is 28.9. The van der Waals surface area contributed by atoms with Crippen LogP contribution in [-0.2, 0) is 19.1 Å². The number of ether oxygens (including phenoxy) is 1. The number of fused-ring (bicyclic) bond motifs is 3.